The molecule has 0 aliphatic carbocycles. The van der Waals surface area contributed by atoms with Gasteiger partial charge in [0.25, 0.3) is 0 Å². The number of alkyl halides is 3. The lowest BCUT2D eigenvalue weighted by atomic mass is 10.2. The van der Waals surface area contributed by atoms with Crippen molar-refractivity contribution in [3.8, 4) is 17.3 Å². The maximum absolute atomic E-state index is 12.9. The second kappa shape index (κ2) is 6.10. The molecule has 0 aromatic carbocycles. The smallest absolute Gasteiger partial charge is 0.433 e. The van der Waals surface area contributed by atoms with E-state index in [1.807, 2.05) is 0 Å². The standard InChI is InChI=1S/C13H9F3N6O2/c1-23-11-5-8(4-9(19-11)13(14,15)16)12-17-6-22(21-12)3-2-10-20-18-7-24-10/h2-7H,1H3/b3-2-. The number of aromatic nitrogens is 6. The quantitative estimate of drug-likeness (QED) is 0.721. The molecule has 3 rings (SSSR count). The number of pyridine rings is 1. The molecule has 11 heteroatoms. The maximum Gasteiger partial charge on any atom is 0.433 e. The lowest BCUT2D eigenvalue weighted by Crippen LogP contribution is -2.09. The van der Waals surface area contributed by atoms with Crippen LogP contribution in [0, 0.1) is 0 Å². The summed E-state index contributed by atoms with van der Waals surface area (Å²) in [6.07, 6.45) is 0.813. The van der Waals surface area contributed by atoms with Crippen LogP contribution in [0.2, 0.25) is 0 Å². The van der Waals surface area contributed by atoms with Crippen molar-refractivity contribution < 1.29 is 22.3 Å². The first kappa shape index (κ1) is 15.6. The van der Waals surface area contributed by atoms with E-state index in [0.717, 1.165) is 12.5 Å². The zero-order chi connectivity index (χ0) is 17.2. The van der Waals surface area contributed by atoms with Gasteiger partial charge < -0.3 is 9.15 Å². The molecule has 24 heavy (non-hydrogen) atoms. The van der Waals surface area contributed by atoms with Gasteiger partial charge in [0.05, 0.1) is 7.11 Å². The van der Waals surface area contributed by atoms with E-state index in [0.29, 0.717) is 0 Å². The van der Waals surface area contributed by atoms with Gasteiger partial charge in [-0.15, -0.1) is 15.3 Å². The molecule has 0 amide bonds. The summed E-state index contributed by atoms with van der Waals surface area (Å²) in [6.45, 7) is 0. The molecular formula is C13H9F3N6O2. The van der Waals surface area contributed by atoms with Crippen molar-refractivity contribution in [3.63, 3.8) is 0 Å². The minimum Gasteiger partial charge on any atom is -0.481 e. The molecule has 0 N–H and O–H groups in total. The van der Waals surface area contributed by atoms with Crippen LogP contribution in [-0.4, -0.2) is 37.1 Å². The zero-order valence-corrected chi connectivity index (χ0v) is 12.1. The Morgan fingerprint density at radius 2 is 2.12 bits per heavy atom. The van der Waals surface area contributed by atoms with E-state index in [1.54, 1.807) is 0 Å². The van der Waals surface area contributed by atoms with Gasteiger partial charge >= 0.3 is 6.18 Å². The van der Waals surface area contributed by atoms with Crippen molar-refractivity contribution in [2.24, 2.45) is 0 Å². The van der Waals surface area contributed by atoms with Gasteiger partial charge in [-0.05, 0) is 6.07 Å². The number of methoxy groups -OCH3 is 1. The number of rotatable bonds is 4. The van der Waals surface area contributed by atoms with Gasteiger partial charge in [-0.1, -0.05) is 0 Å². The minimum absolute atomic E-state index is 0.0800. The third-order valence-electron chi connectivity index (χ3n) is 2.81. The molecule has 0 aliphatic heterocycles. The molecule has 3 aromatic heterocycles. The van der Waals surface area contributed by atoms with Gasteiger partial charge in [0.2, 0.25) is 18.2 Å². The van der Waals surface area contributed by atoms with Crippen molar-refractivity contribution in [2.45, 2.75) is 6.18 Å². The predicted octanol–water partition coefficient (Wildman–Crippen LogP) is 2.38. The van der Waals surface area contributed by atoms with Crippen LogP contribution < -0.4 is 4.74 Å². The van der Waals surface area contributed by atoms with Gasteiger partial charge in [0.15, 0.2) is 5.82 Å². The lowest BCUT2D eigenvalue weighted by Gasteiger charge is -2.08. The number of nitrogens with zero attached hydrogens (tertiary/aromatic N) is 6. The van der Waals surface area contributed by atoms with E-state index in [2.05, 4.69) is 25.3 Å². The summed E-state index contributed by atoms with van der Waals surface area (Å²) in [5, 5.41) is 11.2. The fraction of sp³-hybridized carbons (Fsp3) is 0.154. The van der Waals surface area contributed by atoms with Gasteiger partial charge in [-0.25, -0.2) is 14.6 Å². The van der Waals surface area contributed by atoms with Gasteiger partial charge in [0.1, 0.15) is 12.0 Å². The van der Waals surface area contributed by atoms with Gasteiger partial charge in [-0.3, -0.25) is 0 Å². The summed E-state index contributed by atoms with van der Waals surface area (Å²) < 4.78 is 49.7. The first-order valence-corrected chi connectivity index (χ1v) is 6.45. The molecule has 0 atom stereocenters. The Labute approximate surface area is 132 Å². The Hall–Kier alpha value is -3.24. The van der Waals surface area contributed by atoms with Crippen LogP contribution in [-0.2, 0) is 6.18 Å². The summed E-state index contributed by atoms with van der Waals surface area (Å²) in [4.78, 5) is 7.34. The maximum atomic E-state index is 12.9. The van der Waals surface area contributed by atoms with Gasteiger partial charge in [0, 0.05) is 23.9 Å². The molecule has 0 saturated carbocycles. The fourth-order valence-corrected chi connectivity index (χ4v) is 1.76. The van der Waals surface area contributed by atoms with E-state index in [1.165, 1.54) is 36.5 Å². The van der Waals surface area contributed by atoms with Crippen LogP contribution in [0.1, 0.15) is 11.6 Å². The highest BCUT2D eigenvalue weighted by molar-refractivity contribution is 5.58. The normalized spacial score (nSPS) is 12.0. The molecule has 3 aromatic rings. The average Bonchev–Trinajstić information content (AvgIpc) is 3.23. The van der Waals surface area contributed by atoms with Crippen molar-refractivity contribution in [1.82, 2.24) is 29.9 Å². The van der Waals surface area contributed by atoms with Crippen LogP contribution in [0.3, 0.4) is 0 Å². The van der Waals surface area contributed by atoms with E-state index in [-0.39, 0.29) is 23.2 Å². The molecule has 8 nitrogen and oxygen atoms in total. The largest absolute Gasteiger partial charge is 0.481 e. The second-order valence-corrected chi connectivity index (χ2v) is 4.42. The van der Waals surface area contributed by atoms with Crippen molar-refractivity contribution >= 4 is 12.3 Å². The molecule has 3 heterocycles. The summed E-state index contributed by atoms with van der Waals surface area (Å²) >= 11 is 0. The van der Waals surface area contributed by atoms with Crippen LogP contribution in [0.4, 0.5) is 13.2 Å². The van der Waals surface area contributed by atoms with E-state index >= 15 is 0 Å². The topological polar surface area (TPSA) is 91.8 Å². The third kappa shape index (κ3) is 3.39. The molecule has 0 fully saturated rings. The number of ether oxygens (including phenoxy) is 1. The molecular weight excluding hydrogens is 329 g/mol. The Bertz CT molecular complexity index is 857. The molecule has 0 spiro atoms. The Balaban J connectivity index is 1.92. The molecule has 0 radical (unpaired) electrons. The molecule has 124 valence electrons. The fourth-order valence-electron chi connectivity index (χ4n) is 1.76. The Morgan fingerprint density at radius 1 is 1.29 bits per heavy atom. The molecule has 0 aliphatic rings. The number of halogens is 3. The SMILES string of the molecule is COc1cc(-c2ncn(/C=C\c3nnco3)n2)cc(C(F)(F)F)n1. The van der Waals surface area contributed by atoms with Crippen LogP contribution >= 0.6 is 0 Å². The highest BCUT2D eigenvalue weighted by Crippen LogP contribution is 2.32. The first-order valence-electron chi connectivity index (χ1n) is 6.45. The Kier molecular flexibility index (Phi) is 3.98. The lowest BCUT2D eigenvalue weighted by molar-refractivity contribution is -0.141. The summed E-state index contributed by atoms with van der Waals surface area (Å²) in [5.74, 6) is 0.144. The minimum atomic E-state index is -4.61. The molecule has 0 bridgehead atoms. The molecule has 0 unspecified atom stereocenters. The monoisotopic (exact) mass is 338 g/mol. The van der Waals surface area contributed by atoms with Crippen molar-refractivity contribution in [1.29, 1.82) is 0 Å². The van der Waals surface area contributed by atoms with Crippen LogP contribution in [0.25, 0.3) is 23.7 Å². The first-order chi connectivity index (χ1) is 11.5. The van der Waals surface area contributed by atoms with Crippen molar-refractivity contribution in [2.75, 3.05) is 7.11 Å². The molecule has 0 saturated heterocycles. The predicted molar refractivity (Wildman–Crippen MR) is 74.3 cm³/mol. The zero-order valence-electron chi connectivity index (χ0n) is 12.1. The highest BCUT2D eigenvalue weighted by atomic mass is 19.4. The summed E-state index contributed by atoms with van der Waals surface area (Å²) in [6, 6.07) is 2.17. The summed E-state index contributed by atoms with van der Waals surface area (Å²) in [7, 11) is 1.23. The van der Waals surface area contributed by atoms with Gasteiger partial charge in [-0.2, -0.15) is 13.2 Å². The second-order valence-electron chi connectivity index (χ2n) is 4.42. The van der Waals surface area contributed by atoms with Crippen LogP contribution in [0.15, 0.2) is 29.3 Å². The highest BCUT2D eigenvalue weighted by Gasteiger charge is 2.33. The van der Waals surface area contributed by atoms with E-state index in [9.17, 15) is 13.2 Å². The van der Waals surface area contributed by atoms with Crippen LogP contribution in [0.5, 0.6) is 5.88 Å². The number of hydrogen-bond acceptors (Lipinski definition) is 7. The number of hydrogen-bond donors (Lipinski definition) is 0. The van der Waals surface area contributed by atoms with Crippen molar-refractivity contribution in [3.05, 3.63) is 36.4 Å². The Morgan fingerprint density at radius 3 is 2.79 bits per heavy atom. The van der Waals surface area contributed by atoms with E-state index in [4.69, 9.17) is 9.15 Å². The average molecular weight is 338 g/mol. The summed E-state index contributed by atoms with van der Waals surface area (Å²) in [5.41, 5.74) is -0.964. The van der Waals surface area contributed by atoms with E-state index < -0.39 is 11.9 Å². The third-order valence-corrected chi connectivity index (χ3v) is 2.81.